The standard InChI is InChI=1S/C13H15NO6/c15-9-5-1-2-6-10(9)20-11-7-3-4-8(14(18)19)12(11)13(16)17/h3-4,7,9-10,15H,1-2,5-6H2,(H,16,17). The molecule has 0 aliphatic heterocycles. The number of carboxylic acid groups (broad SMARTS) is 1. The minimum Gasteiger partial charge on any atom is -0.487 e. The highest BCUT2D eigenvalue weighted by atomic mass is 16.6. The maximum Gasteiger partial charge on any atom is 0.346 e. The van der Waals surface area contributed by atoms with Crippen LogP contribution in [0, 0.1) is 10.1 Å². The fourth-order valence-corrected chi connectivity index (χ4v) is 2.36. The van der Waals surface area contributed by atoms with Crippen molar-refractivity contribution in [1.82, 2.24) is 0 Å². The maximum atomic E-state index is 11.2. The molecule has 0 amide bonds. The first-order chi connectivity index (χ1) is 9.50. The summed E-state index contributed by atoms with van der Waals surface area (Å²) >= 11 is 0. The number of carbonyl (C=O) groups is 1. The number of ether oxygens (including phenoxy) is 1. The van der Waals surface area contributed by atoms with E-state index < -0.39 is 34.4 Å². The van der Waals surface area contributed by atoms with E-state index in [2.05, 4.69) is 0 Å². The van der Waals surface area contributed by atoms with Gasteiger partial charge in [-0.25, -0.2) is 4.79 Å². The van der Waals surface area contributed by atoms with Crippen LogP contribution in [0.25, 0.3) is 0 Å². The number of rotatable bonds is 4. The summed E-state index contributed by atoms with van der Waals surface area (Å²) in [5.74, 6) is -1.49. The molecule has 0 heterocycles. The van der Waals surface area contributed by atoms with Crippen LogP contribution >= 0.6 is 0 Å². The van der Waals surface area contributed by atoms with Gasteiger partial charge in [-0.15, -0.1) is 0 Å². The molecule has 1 aliphatic rings. The Hall–Kier alpha value is -2.15. The number of benzene rings is 1. The van der Waals surface area contributed by atoms with Crippen LogP contribution < -0.4 is 4.74 Å². The predicted octanol–water partition coefficient (Wildman–Crippen LogP) is 1.98. The molecule has 0 aromatic heterocycles. The van der Waals surface area contributed by atoms with E-state index in [0.717, 1.165) is 18.9 Å². The minimum atomic E-state index is -1.42. The van der Waals surface area contributed by atoms with E-state index in [1.807, 2.05) is 0 Å². The Balaban J connectivity index is 2.33. The van der Waals surface area contributed by atoms with Gasteiger partial charge in [-0.05, 0) is 25.3 Å². The van der Waals surface area contributed by atoms with Crippen LogP contribution in [0.3, 0.4) is 0 Å². The lowest BCUT2D eigenvalue weighted by Crippen LogP contribution is -2.35. The molecule has 0 spiro atoms. The zero-order chi connectivity index (χ0) is 14.7. The van der Waals surface area contributed by atoms with Crippen LogP contribution in [-0.4, -0.2) is 33.3 Å². The zero-order valence-electron chi connectivity index (χ0n) is 10.7. The van der Waals surface area contributed by atoms with Crippen molar-refractivity contribution in [2.24, 2.45) is 0 Å². The number of aliphatic hydroxyl groups excluding tert-OH is 1. The molecule has 2 unspecified atom stereocenters. The third-order valence-corrected chi connectivity index (χ3v) is 3.36. The van der Waals surface area contributed by atoms with Crippen LogP contribution in [-0.2, 0) is 0 Å². The van der Waals surface area contributed by atoms with Crippen molar-refractivity contribution in [2.45, 2.75) is 37.9 Å². The van der Waals surface area contributed by atoms with Gasteiger partial charge in [-0.2, -0.15) is 0 Å². The fourth-order valence-electron chi connectivity index (χ4n) is 2.36. The second-order valence-electron chi connectivity index (χ2n) is 4.72. The first-order valence-electron chi connectivity index (χ1n) is 6.36. The Labute approximate surface area is 114 Å². The van der Waals surface area contributed by atoms with Gasteiger partial charge in [-0.3, -0.25) is 10.1 Å². The van der Waals surface area contributed by atoms with Crippen molar-refractivity contribution in [3.8, 4) is 5.75 Å². The lowest BCUT2D eigenvalue weighted by atomic mass is 9.94. The van der Waals surface area contributed by atoms with Crippen molar-refractivity contribution < 1.29 is 24.7 Å². The van der Waals surface area contributed by atoms with E-state index in [0.29, 0.717) is 12.8 Å². The minimum absolute atomic E-state index is 0.0716. The molecule has 0 radical (unpaired) electrons. The van der Waals surface area contributed by atoms with Gasteiger partial charge in [0.05, 0.1) is 11.0 Å². The van der Waals surface area contributed by atoms with Crippen LogP contribution in [0.15, 0.2) is 18.2 Å². The maximum absolute atomic E-state index is 11.2. The number of aromatic carboxylic acids is 1. The molecule has 2 atom stereocenters. The van der Waals surface area contributed by atoms with Gasteiger partial charge >= 0.3 is 5.97 Å². The number of hydrogen-bond acceptors (Lipinski definition) is 5. The first-order valence-corrected chi connectivity index (χ1v) is 6.36. The molecule has 0 bridgehead atoms. The van der Waals surface area contributed by atoms with Crippen LogP contribution in [0.2, 0.25) is 0 Å². The van der Waals surface area contributed by atoms with Crippen molar-refractivity contribution >= 4 is 11.7 Å². The lowest BCUT2D eigenvalue weighted by molar-refractivity contribution is -0.385. The Bertz CT molecular complexity index is 530. The molecule has 108 valence electrons. The predicted molar refractivity (Wildman–Crippen MR) is 68.9 cm³/mol. The summed E-state index contributed by atoms with van der Waals surface area (Å²) in [6.07, 6.45) is 1.75. The van der Waals surface area contributed by atoms with E-state index in [9.17, 15) is 20.0 Å². The normalized spacial score (nSPS) is 22.2. The van der Waals surface area contributed by atoms with Gasteiger partial charge < -0.3 is 14.9 Å². The van der Waals surface area contributed by atoms with Crippen molar-refractivity contribution in [1.29, 1.82) is 0 Å². The quantitative estimate of drug-likeness (QED) is 0.645. The highest BCUT2D eigenvalue weighted by Crippen LogP contribution is 2.31. The molecule has 2 rings (SSSR count). The number of nitro benzene ring substituents is 1. The summed E-state index contributed by atoms with van der Waals surface area (Å²) in [6, 6.07) is 3.86. The van der Waals surface area contributed by atoms with E-state index in [1.165, 1.54) is 12.1 Å². The zero-order valence-corrected chi connectivity index (χ0v) is 10.7. The number of carboxylic acids is 1. The Kier molecular flexibility index (Phi) is 4.19. The first kappa shape index (κ1) is 14.3. The van der Waals surface area contributed by atoms with Crippen LogP contribution in [0.1, 0.15) is 36.0 Å². The monoisotopic (exact) mass is 281 g/mol. The molecule has 0 saturated heterocycles. The summed E-state index contributed by atoms with van der Waals surface area (Å²) in [5, 5.41) is 29.8. The van der Waals surface area contributed by atoms with Crippen molar-refractivity contribution in [3.05, 3.63) is 33.9 Å². The number of hydrogen-bond donors (Lipinski definition) is 2. The third kappa shape index (κ3) is 2.88. The highest BCUT2D eigenvalue weighted by molar-refractivity contribution is 5.95. The Morgan fingerprint density at radius 1 is 1.35 bits per heavy atom. The second-order valence-corrected chi connectivity index (χ2v) is 4.72. The van der Waals surface area contributed by atoms with E-state index in [1.54, 1.807) is 0 Å². The molecule has 7 heteroatoms. The highest BCUT2D eigenvalue weighted by Gasteiger charge is 2.29. The summed E-state index contributed by atoms with van der Waals surface area (Å²) in [7, 11) is 0. The number of nitrogens with zero attached hydrogens (tertiary/aromatic N) is 1. The van der Waals surface area contributed by atoms with Gasteiger partial charge in [0.1, 0.15) is 11.9 Å². The summed E-state index contributed by atoms with van der Waals surface area (Å²) in [5.41, 5.74) is -0.990. The average molecular weight is 281 g/mol. The van der Waals surface area contributed by atoms with Gasteiger partial charge in [-0.1, -0.05) is 12.5 Å². The molecule has 1 fully saturated rings. The molecule has 20 heavy (non-hydrogen) atoms. The molecular formula is C13H15NO6. The van der Waals surface area contributed by atoms with Gasteiger partial charge in [0.15, 0.2) is 5.56 Å². The molecule has 2 N–H and O–H groups in total. The fraction of sp³-hybridized carbons (Fsp3) is 0.462. The Morgan fingerprint density at radius 3 is 2.65 bits per heavy atom. The molecule has 1 aromatic rings. The molecule has 1 aromatic carbocycles. The van der Waals surface area contributed by atoms with Gasteiger partial charge in [0.2, 0.25) is 0 Å². The SMILES string of the molecule is O=C(O)c1c(OC2CCCCC2O)cccc1[N+](=O)[O-]. The van der Waals surface area contributed by atoms with Crippen LogP contribution in [0.4, 0.5) is 5.69 Å². The van der Waals surface area contributed by atoms with Crippen LogP contribution in [0.5, 0.6) is 5.75 Å². The summed E-state index contributed by atoms with van der Waals surface area (Å²) < 4.78 is 5.52. The molecular weight excluding hydrogens is 266 g/mol. The smallest absolute Gasteiger partial charge is 0.346 e. The third-order valence-electron chi connectivity index (χ3n) is 3.36. The Morgan fingerprint density at radius 2 is 2.05 bits per heavy atom. The summed E-state index contributed by atoms with van der Waals surface area (Å²) in [6.45, 7) is 0. The lowest BCUT2D eigenvalue weighted by Gasteiger charge is -2.28. The number of aliphatic hydroxyl groups is 1. The molecule has 7 nitrogen and oxygen atoms in total. The average Bonchev–Trinajstić information content (AvgIpc) is 2.40. The van der Waals surface area contributed by atoms with E-state index >= 15 is 0 Å². The van der Waals surface area contributed by atoms with Gasteiger partial charge in [0, 0.05) is 6.07 Å². The topological polar surface area (TPSA) is 110 Å². The van der Waals surface area contributed by atoms with E-state index in [4.69, 9.17) is 9.84 Å². The van der Waals surface area contributed by atoms with E-state index in [-0.39, 0.29) is 5.75 Å². The second kappa shape index (κ2) is 5.87. The number of nitro groups is 1. The van der Waals surface area contributed by atoms with Crippen molar-refractivity contribution in [3.63, 3.8) is 0 Å². The van der Waals surface area contributed by atoms with Gasteiger partial charge in [0.25, 0.3) is 5.69 Å². The summed E-state index contributed by atoms with van der Waals surface area (Å²) in [4.78, 5) is 21.3. The molecule has 1 saturated carbocycles. The van der Waals surface area contributed by atoms with Crippen molar-refractivity contribution in [2.75, 3.05) is 0 Å². The largest absolute Gasteiger partial charge is 0.487 e. The molecule has 1 aliphatic carbocycles.